The summed E-state index contributed by atoms with van der Waals surface area (Å²) in [5, 5.41) is 16.1. The number of aromatic nitrogens is 2. The lowest BCUT2D eigenvalue weighted by Crippen LogP contribution is -2.17. The van der Waals surface area contributed by atoms with E-state index in [-0.39, 0.29) is 19.1 Å². The van der Waals surface area contributed by atoms with E-state index in [1.807, 2.05) is 24.4 Å². The normalized spacial score (nSPS) is 15.3. The number of hydrogen-bond acceptors (Lipinski definition) is 8. The van der Waals surface area contributed by atoms with Crippen LogP contribution in [0.2, 0.25) is 0 Å². The number of ether oxygens (including phenoxy) is 2. The Morgan fingerprint density at radius 3 is 2.86 bits per heavy atom. The highest BCUT2D eigenvalue weighted by molar-refractivity contribution is 7.09. The van der Waals surface area contributed by atoms with Crippen molar-refractivity contribution >= 4 is 28.8 Å². The highest BCUT2D eigenvalue weighted by Crippen LogP contribution is 2.36. The molecule has 8 nitrogen and oxygen atoms in total. The molecule has 9 heteroatoms. The molecule has 0 saturated carbocycles. The molecule has 190 valence electrons. The molecule has 3 aromatic rings. The highest BCUT2D eigenvalue weighted by Gasteiger charge is 2.22. The summed E-state index contributed by atoms with van der Waals surface area (Å²) < 4.78 is 10.9. The van der Waals surface area contributed by atoms with Crippen LogP contribution in [-0.4, -0.2) is 47.5 Å². The van der Waals surface area contributed by atoms with Gasteiger partial charge in [0, 0.05) is 48.9 Å². The van der Waals surface area contributed by atoms with Crippen LogP contribution in [0.3, 0.4) is 0 Å². The smallest absolute Gasteiger partial charge is 0.303 e. The number of nitrogens with zero attached hydrogens (tertiary/aromatic N) is 3. The molecule has 2 N–H and O–H groups in total. The second kappa shape index (κ2) is 11.6. The van der Waals surface area contributed by atoms with Crippen molar-refractivity contribution in [3.05, 3.63) is 58.2 Å². The van der Waals surface area contributed by atoms with Crippen LogP contribution >= 0.6 is 11.3 Å². The molecule has 0 radical (unpaired) electrons. The third-order valence-corrected chi connectivity index (χ3v) is 7.64. The maximum absolute atomic E-state index is 11.5. The number of unbranched alkanes of at least 4 members (excludes halogenated alkanes) is 1. The van der Waals surface area contributed by atoms with Crippen molar-refractivity contribution in [2.45, 2.75) is 50.9 Å². The van der Waals surface area contributed by atoms with Crippen LogP contribution in [0.15, 0.2) is 41.9 Å². The number of benzene rings is 1. The molecule has 0 spiro atoms. The Bertz CT molecular complexity index is 1180. The van der Waals surface area contributed by atoms with Crippen LogP contribution in [0.25, 0.3) is 0 Å². The Kier molecular flexibility index (Phi) is 7.85. The Balaban J connectivity index is 1.09. The lowest BCUT2D eigenvalue weighted by atomic mass is 9.91. The summed E-state index contributed by atoms with van der Waals surface area (Å²) in [6.07, 6.45) is 8.03. The minimum atomic E-state index is -0.818. The number of anilines is 2. The molecule has 5 rings (SSSR count). The molecule has 4 heterocycles. The fourth-order valence-electron chi connectivity index (χ4n) is 4.80. The average Bonchev–Trinajstić information content (AvgIpc) is 3.65. The van der Waals surface area contributed by atoms with E-state index >= 15 is 0 Å². The van der Waals surface area contributed by atoms with Gasteiger partial charge in [0.2, 0.25) is 6.79 Å². The van der Waals surface area contributed by atoms with Crippen molar-refractivity contribution < 1.29 is 19.4 Å². The summed E-state index contributed by atoms with van der Waals surface area (Å²) in [5.41, 5.74) is 3.13. The minimum absolute atomic E-state index is 0.0468. The van der Waals surface area contributed by atoms with Crippen molar-refractivity contribution in [3.8, 4) is 11.5 Å². The molecule has 0 bridgehead atoms. The molecule has 1 aromatic carbocycles. The number of thiazole rings is 1. The monoisotopic (exact) mass is 508 g/mol. The van der Waals surface area contributed by atoms with Gasteiger partial charge in [-0.25, -0.2) is 9.97 Å². The Morgan fingerprint density at radius 2 is 2.00 bits per heavy atom. The summed E-state index contributed by atoms with van der Waals surface area (Å²) in [5.74, 6) is 1.33. The van der Waals surface area contributed by atoms with E-state index in [1.165, 1.54) is 18.5 Å². The van der Waals surface area contributed by atoms with Crippen molar-refractivity contribution in [2.75, 3.05) is 36.6 Å². The van der Waals surface area contributed by atoms with Gasteiger partial charge in [0.15, 0.2) is 11.5 Å². The topological polar surface area (TPSA) is 96.8 Å². The molecule has 1 saturated heterocycles. The number of hydrogen-bond donors (Lipinski definition) is 2. The number of nitrogens with one attached hydrogen (secondary N) is 1. The Labute approximate surface area is 215 Å². The van der Waals surface area contributed by atoms with E-state index in [2.05, 4.69) is 32.7 Å². The van der Waals surface area contributed by atoms with E-state index < -0.39 is 5.97 Å². The van der Waals surface area contributed by atoms with E-state index in [0.29, 0.717) is 17.9 Å². The maximum Gasteiger partial charge on any atom is 0.303 e. The van der Waals surface area contributed by atoms with Crippen LogP contribution in [-0.2, 0) is 17.6 Å². The number of carboxylic acid groups (broad SMARTS) is 1. The molecule has 1 fully saturated rings. The summed E-state index contributed by atoms with van der Waals surface area (Å²) in [6.45, 7) is 3.34. The fourth-order valence-corrected chi connectivity index (χ4v) is 5.65. The van der Waals surface area contributed by atoms with Crippen molar-refractivity contribution in [3.63, 3.8) is 0 Å². The predicted molar refractivity (Wildman–Crippen MR) is 140 cm³/mol. The van der Waals surface area contributed by atoms with Gasteiger partial charge in [-0.05, 0) is 62.3 Å². The van der Waals surface area contributed by atoms with Gasteiger partial charge in [-0.2, -0.15) is 0 Å². The summed E-state index contributed by atoms with van der Waals surface area (Å²) in [7, 11) is 0. The molecule has 1 unspecified atom stereocenters. The van der Waals surface area contributed by atoms with Gasteiger partial charge in [-0.3, -0.25) is 4.79 Å². The third-order valence-electron chi connectivity index (χ3n) is 6.68. The fraction of sp³-hybridized carbons (Fsp3) is 0.444. The van der Waals surface area contributed by atoms with Crippen molar-refractivity contribution in [1.29, 1.82) is 0 Å². The predicted octanol–water partition coefficient (Wildman–Crippen LogP) is 5.10. The van der Waals surface area contributed by atoms with Crippen molar-refractivity contribution in [2.24, 2.45) is 0 Å². The van der Waals surface area contributed by atoms with E-state index in [4.69, 9.17) is 14.5 Å². The maximum atomic E-state index is 11.5. The third kappa shape index (κ3) is 6.26. The van der Waals surface area contributed by atoms with Gasteiger partial charge < -0.3 is 24.8 Å². The van der Waals surface area contributed by atoms with Gasteiger partial charge in [0.05, 0.1) is 17.1 Å². The second-order valence-corrected chi connectivity index (χ2v) is 10.3. The molecule has 1 atom stereocenters. The minimum Gasteiger partial charge on any atom is -0.481 e. The zero-order valence-corrected chi connectivity index (χ0v) is 21.1. The number of aliphatic carboxylic acids is 1. The molecular formula is C27H32N4O4S. The van der Waals surface area contributed by atoms with Crippen LogP contribution in [0.5, 0.6) is 11.5 Å². The first-order valence-corrected chi connectivity index (χ1v) is 13.5. The standard InChI is InChI=1S/C27H32N4O4S/c32-27(33)15-20(19-6-7-23-24(14-19)35-18-34-23)13-21-17-36-26(30-21)5-1-2-9-28-25-16-22(8-10-29-25)31-11-3-4-12-31/h6-8,10,14,16-17,20H,1-5,9,11-13,15,18H2,(H,28,29)(H,32,33). The number of aryl methyl sites for hydroxylation is 1. The Morgan fingerprint density at radius 1 is 1.14 bits per heavy atom. The number of fused-ring (bicyclic) bond motifs is 1. The van der Waals surface area contributed by atoms with Crippen LogP contribution < -0.4 is 19.7 Å². The second-order valence-electron chi connectivity index (χ2n) is 9.32. The molecular weight excluding hydrogens is 476 g/mol. The summed E-state index contributed by atoms with van der Waals surface area (Å²) in [4.78, 5) is 23.2. The van der Waals surface area contributed by atoms with Crippen LogP contribution in [0.4, 0.5) is 11.5 Å². The van der Waals surface area contributed by atoms with Gasteiger partial charge >= 0.3 is 5.97 Å². The first kappa shape index (κ1) is 24.4. The zero-order chi connectivity index (χ0) is 24.7. The number of pyridine rings is 1. The largest absolute Gasteiger partial charge is 0.481 e. The lowest BCUT2D eigenvalue weighted by molar-refractivity contribution is -0.137. The lowest BCUT2D eigenvalue weighted by Gasteiger charge is -2.18. The van der Waals surface area contributed by atoms with Gasteiger partial charge in [0.25, 0.3) is 0 Å². The van der Waals surface area contributed by atoms with Crippen LogP contribution in [0, 0.1) is 0 Å². The first-order valence-electron chi connectivity index (χ1n) is 12.6. The van der Waals surface area contributed by atoms with E-state index in [9.17, 15) is 9.90 Å². The first-order chi connectivity index (χ1) is 17.6. The van der Waals surface area contributed by atoms with Gasteiger partial charge in [-0.15, -0.1) is 11.3 Å². The average molecular weight is 509 g/mol. The van der Waals surface area contributed by atoms with E-state index in [0.717, 1.165) is 61.0 Å². The van der Waals surface area contributed by atoms with E-state index in [1.54, 1.807) is 11.3 Å². The quantitative estimate of drug-likeness (QED) is 0.326. The Hall–Kier alpha value is -3.33. The number of carboxylic acids is 1. The molecule has 2 aliphatic heterocycles. The van der Waals surface area contributed by atoms with Gasteiger partial charge in [-0.1, -0.05) is 6.07 Å². The summed E-state index contributed by atoms with van der Waals surface area (Å²) >= 11 is 1.65. The zero-order valence-electron chi connectivity index (χ0n) is 20.3. The molecule has 36 heavy (non-hydrogen) atoms. The molecule has 2 aliphatic rings. The highest BCUT2D eigenvalue weighted by atomic mass is 32.1. The van der Waals surface area contributed by atoms with Crippen molar-refractivity contribution in [1.82, 2.24) is 9.97 Å². The van der Waals surface area contributed by atoms with Gasteiger partial charge in [0.1, 0.15) is 5.82 Å². The van der Waals surface area contributed by atoms with Crippen LogP contribution in [0.1, 0.15) is 54.3 Å². The molecule has 0 amide bonds. The summed E-state index contributed by atoms with van der Waals surface area (Å²) in [6, 6.07) is 9.91. The number of rotatable bonds is 12. The number of carbonyl (C=O) groups is 1. The molecule has 2 aromatic heterocycles. The molecule has 0 aliphatic carbocycles. The SMILES string of the molecule is O=C(O)CC(Cc1csc(CCCCNc2cc(N3CCCC3)ccn2)n1)c1ccc2c(c1)OCO2.